The second kappa shape index (κ2) is 5.70. The van der Waals surface area contributed by atoms with Gasteiger partial charge >= 0.3 is 0 Å². The van der Waals surface area contributed by atoms with Crippen LogP contribution in [0.3, 0.4) is 0 Å². The Morgan fingerprint density at radius 2 is 2.22 bits per heavy atom. The van der Waals surface area contributed by atoms with Gasteiger partial charge in [0.1, 0.15) is 6.10 Å². The maximum atomic E-state index is 12.2. The average Bonchev–Trinajstić information content (AvgIpc) is 3.21. The highest BCUT2D eigenvalue weighted by atomic mass is 16.5. The average molecular weight is 308 g/mol. The van der Waals surface area contributed by atoms with Gasteiger partial charge in [0, 0.05) is 34.1 Å². The SMILES string of the molecule is CCc1cccc2c1[nH]c1cc(NC(=O)C3CCCO3)ccc12. The molecule has 0 saturated carbocycles. The van der Waals surface area contributed by atoms with Gasteiger partial charge in [0.25, 0.3) is 5.91 Å². The number of rotatable bonds is 3. The smallest absolute Gasteiger partial charge is 0.253 e. The van der Waals surface area contributed by atoms with Gasteiger partial charge in [-0.05, 0) is 37.0 Å². The van der Waals surface area contributed by atoms with E-state index in [9.17, 15) is 4.79 Å². The summed E-state index contributed by atoms with van der Waals surface area (Å²) in [7, 11) is 0. The van der Waals surface area contributed by atoms with E-state index < -0.39 is 0 Å². The van der Waals surface area contributed by atoms with Crippen LogP contribution in [-0.4, -0.2) is 23.6 Å². The zero-order chi connectivity index (χ0) is 15.8. The maximum Gasteiger partial charge on any atom is 0.253 e. The van der Waals surface area contributed by atoms with E-state index in [0.717, 1.165) is 30.5 Å². The molecule has 23 heavy (non-hydrogen) atoms. The number of anilines is 1. The molecular formula is C19H20N2O2. The van der Waals surface area contributed by atoms with Crippen molar-refractivity contribution in [3.8, 4) is 0 Å². The maximum absolute atomic E-state index is 12.2. The van der Waals surface area contributed by atoms with E-state index in [2.05, 4.69) is 41.5 Å². The molecule has 0 aliphatic carbocycles. The third-order valence-corrected chi connectivity index (χ3v) is 4.59. The van der Waals surface area contributed by atoms with Gasteiger partial charge in [-0.25, -0.2) is 0 Å². The van der Waals surface area contributed by atoms with Crippen molar-refractivity contribution in [3.05, 3.63) is 42.0 Å². The lowest BCUT2D eigenvalue weighted by Crippen LogP contribution is -2.26. The highest BCUT2D eigenvalue weighted by Crippen LogP contribution is 2.30. The van der Waals surface area contributed by atoms with E-state index in [0.29, 0.717) is 6.61 Å². The van der Waals surface area contributed by atoms with Crippen molar-refractivity contribution in [1.82, 2.24) is 4.98 Å². The lowest BCUT2D eigenvalue weighted by molar-refractivity contribution is -0.124. The standard InChI is InChI=1S/C19H20N2O2/c1-2-12-5-3-6-15-14-9-8-13(11-16(14)21-18(12)15)20-19(22)17-7-4-10-23-17/h3,5-6,8-9,11,17,21H,2,4,7,10H2,1H3,(H,20,22). The quantitative estimate of drug-likeness (QED) is 0.768. The lowest BCUT2D eigenvalue weighted by Gasteiger charge is -2.10. The second-order valence-corrected chi connectivity index (χ2v) is 6.07. The summed E-state index contributed by atoms with van der Waals surface area (Å²) in [5.41, 5.74) is 4.35. The van der Waals surface area contributed by atoms with Gasteiger partial charge in [-0.15, -0.1) is 0 Å². The summed E-state index contributed by atoms with van der Waals surface area (Å²) in [5, 5.41) is 5.38. The molecule has 4 nitrogen and oxygen atoms in total. The summed E-state index contributed by atoms with van der Waals surface area (Å²) in [6, 6.07) is 12.4. The molecule has 118 valence electrons. The molecule has 2 heterocycles. The van der Waals surface area contributed by atoms with Crippen molar-refractivity contribution < 1.29 is 9.53 Å². The summed E-state index contributed by atoms with van der Waals surface area (Å²) in [6.07, 6.45) is 2.45. The van der Waals surface area contributed by atoms with Gasteiger partial charge in [0.05, 0.1) is 0 Å². The fraction of sp³-hybridized carbons (Fsp3) is 0.316. The molecule has 2 N–H and O–H groups in total. The number of hydrogen-bond acceptors (Lipinski definition) is 2. The molecule has 4 heteroatoms. The van der Waals surface area contributed by atoms with Crippen LogP contribution in [0.1, 0.15) is 25.3 Å². The van der Waals surface area contributed by atoms with E-state index in [1.54, 1.807) is 0 Å². The minimum absolute atomic E-state index is 0.0489. The highest BCUT2D eigenvalue weighted by molar-refractivity contribution is 6.09. The number of aromatic amines is 1. The summed E-state index contributed by atoms with van der Waals surface area (Å²) >= 11 is 0. The number of para-hydroxylation sites is 1. The lowest BCUT2D eigenvalue weighted by atomic mass is 10.1. The van der Waals surface area contributed by atoms with Crippen molar-refractivity contribution in [2.75, 3.05) is 11.9 Å². The first-order valence-corrected chi connectivity index (χ1v) is 8.22. The van der Waals surface area contributed by atoms with Crippen molar-refractivity contribution in [2.45, 2.75) is 32.3 Å². The van der Waals surface area contributed by atoms with Gasteiger partial charge in [-0.3, -0.25) is 4.79 Å². The highest BCUT2D eigenvalue weighted by Gasteiger charge is 2.23. The third kappa shape index (κ3) is 2.49. The van der Waals surface area contributed by atoms with Crippen LogP contribution in [0.25, 0.3) is 21.8 Å². The molecule has 0 radical (unpaired) electrons. The predicted octanol–water partition coefficient (Wildman–Crippen LogP) is 4.00. The zero-order valence-electron chi connectivity index (χ0n) is 13.2. The number of ether oxygens (including phenoxy) is 1. The van der Waals surface area contributed by atoms with E-state index in [-0.39, 0.29) is 12.0 Å². The van der Waals surface area contributed by atoms with Crippen LogP contribution >= 0.6 is 0 Å². The van der Waals surface area contributed by atoms with Gasteiger partial charge in [-0.1, -0.05) is 31.2 Å². The van der Waals surface area contributed by atoms with Crippen molar-refractivity contribution in [1.29, 1.82) is 0 Å². The molecule has 1 saturated heterocycles. The Hall–Kier alpha value is -2.33. The summed E-state index contributed by atoms with van der Waals surface area (Å²) in [6.45, 7) is 2.84. The molecule has 1 aromatic heterocycles. The Morgan fingerprint density at radius 1 is 1.30 bits per heavy atom. The molecule has 2 aromatic carbocycles. The van der Waals surface area contributed by atoms with Gasteiger partial charge in [-0.2, -0.15) is 0 Å². The number of H-pyrrole nitrogens is 1. The number of benzene rings is 2. The number of aromatic nitrogens is 1. The van der Waals surface area contributed by atoms with Crippen LogP contribution in [0.5, 0.6) is 0 Å². The number of carbonyl (C=O) groups is 1. The molecule has 3 aromatic rings. The first kappa shape index (κ1) is 14.3. The molecule has 1 fully saturated rings. The summed E-state index contributed by atoms with van der Waals surface area (Å²) < 4.78 is 5.43. The van der Waals surface area contributed by atoms with Crippen molar-refractivity contribution in [3.63, 3.8) is 0 Å². The zero-order valence-corrected chi connectivity index (χ0v) is 13.2. The minimum atomic E-state index is -0.305. The molecule has 0 spiro atoms. The predicted molar refractivity (Wildman–Crippen MR) is 92.8 cm³/mol. The fourth-order valence-corrected chi connectivity index (χ4v) is 3.37. The van der Waals surface area contributed by atoms with Crippen LogP contribution < -0.4 is 5.32 Å². The molecular weight excluding hydrogens is 288 g/mol. The number of amides is 1. The number of hydrogen-bond donors (Lipinski definition) is 2. The molecule has 1 atom stereocenters. The Kier molecular flexibility index (Phi) is 3.54. The Morgan fingerprint density at radius 3 is 3.00 bits per heavy atom. The molecule has 1 unspecified atom stereocenters. The van der Waals surface area contributed by atoms with E-state index in [1.807, 2.05) is 12.1 Å². The third-order valence-electron chi connectivity index (χ3n) is 4.59. The van der Waals surface area contributed by atoms with Crippen LogP contribution in [0.15, 0.2) is 36.4 Å². The molecule has 4 rings (SSSR count). The molecule has 1 amide bonds. The van der Waals surface area contributed by atoms with Crippen LogP contribution in [0.2, 0.25) is 0 Å². The van der Waals surface area contributed by atoms with Gasteiger partial charge < -0.3 is 15.0 Å². The number of aryl methyl sites for hydroxylation is 1. The molecule has 1 aliphatic heterocycles. The monoisotopic (exact) mass is 308 g/mol. The summed E-state index contributed by atoms with van der Waals surface area (Å²) in [5.74, 6) is -0.0489. The Bertz CT molecular complexity index is 876. The van der Waals surface area contributed by atoms with Crippen LogP contribution in [0, 0.1) is 0 Å². The van der Waals surface area contributed by atoms with Crippen molar-refractivity contribution in [2.24, 2.45) is 0 Å². The van der Waals surface area contributed by atoms with E-state index in [1.165, 1.54) is 21.9 Å². The first-order chi connectivity index (χ1) is 11.3. The number of nitrogens with one attached hydrogen (secondary N) is 2. The number of fused-ring (bicyclic) bond motifs is 3. The summed E-state index contributed by atoms with van der Waals surface area (Å²) in [4.78, 5) is 15.7. The van der Waals surface area contributed by atoms with Gasteiger partial charge in [0.15, 0.2) is 0 Å². The first-order valence-electron chi connectivity index (χ1n) is 8.22. The largest absolute Gasteiger partial charge is 0.368 e. The molecule has 1 aliphatic rings. The Balaban J connectivity index is 1.70. The minimum Gasteiger partial charge on any atom is -0.368 e. The number of carbonyl (C=O) groups excluding carboxylic acids is 1. The van der Waals surface area contributed by atoms with Crippen LogP contribution in [-0.2, 0) is 16.0 Å². The fourth-order valence-electron chi connectivity index (χ4n) is 3.37. The topological polar surface area (TPSA) is 54.1 Å². The second-order valence-electron chi connectivity index (χ2n) is 6.07. The van der Waals surface area contributed by atoms with Crippen molar-refractivity contribution >= 4 is 33.4 Å². The normalized spacial score (nSPS) is 17.9. The van der Waals surface area contributed by atoms with E-state index >= 15 is 0 Å². The van der Waals surface area contributed by atoms with Gasteiger partial charge in [0.2, 0.25) is 0 Å². The van der Waals surface area contributed by atoms with E-state index in [4.69, 9.17) is 4.74 Å². The Labute approximate surface area is 134 Å². The van der Waals surface area contributed by atoms with Crippen LogP contribution in [0.4, 0.5) is 5.69 Å². The molecule has 0 bridgehead atoms.